The van der Waals surface area contributed by atoms with Crippen LogP contribution in [0.5, 0.6) is 5.75 Å². The smallest absolute Gasteiger partial charge is 0.408 e. The van der Waals surface area contributed by atoms with Crippen molar-refractivity contribution in [2.24, 2.45) is 0 Å². The second kappa shape index (κ2) is 12.5. The van der Waals surface area contributed by atoms with Crippen molar-refractivity contribution in [1.29, 1.82) is 5.26 Å². The highest BCUT2D eigenvalue weighted by atomic mass is 32.1. The minimum Gasteiger partial charge on any atom is -0.507 e. The summed E-state index contributed by atoms with van der Waals surface area (Å²) in [4.78, 5) is 44.1. The van der Waals surface area contributed by atoms with E-state index >= 15 is 0 Å². The molecule has 3 amide bonds. The van der Waals surface area contributed by atoms with Gasteiger partial charge in [-0.05, 0) is 68.1 Å². The second-order valence-corrected chi connectivity index (χ2v) is 11.1. The summed E-state index contributed by atoms with van der Waals surface area (Å²) in [7, 11) is 1.57. The fraction of sp³-hybridized carbons (Fsp3) is 0.194. The average molecular weight is 584 g/mol. The third-order valence-corrected chi connectivity index (χ3v) is 6.86. The lowest BCUT2D eigenvalue weighted by Gasteiger charge is -2.21. The van der Waals surface area contributed by atoms with Gasteiger partial charge in [0, 0.05) is 23.9 Å². The number of anilines is 2. The number of nitrogens with zero attached hydrogens (tertiary/aromatic N) is 3. The van der Waals surface area contributed by atoms with E-state index in [1.807, 2.05) is 0 Å². The molecule has 2 aromatic carbocycles. The number of hydrogen-bond donors (Lipinski definition) is 3. The fourth-order valence-corrected chi connectivity index (χ4v) is 4.61. The van der Waals surface area contributed by atoms with Crippen LogP contribution in [0.2, 0.25) is 0 Å². The Morgan fingerprint density at radius 3 is 2.48 bits per heavy atom. The number of phenols is 1. The summed E-state index contributed by atoms with van der Waals surface area (Å²) in [6.07, 6.45) is -0.706. The van der Waals surface area contributed by atoms with E-state index in [2.05, 4.69) is 21.7 Å². The molecule has 11 heteroatoms. The van der Waals surface area contributed by atoms with E-state index in [-0.39, 0.29) is 23.7 Å². The standard InChI is InChI=1S/C31H29N5O5S/c1-31(2,3)41-30(40)33-18-27(38)36(4)20-10-7-9-19(15-20)22-16-24(21-11-5-6-12-25(21)37)34-28(23(22)17-32)35-29(39)26-13-8-14-42-26/h5-16,37H,18H2,1-4H3,(H,33,40)(H,34,35,39). The lowest BCUT2D eigenvalue weighted by molar-refractivity contribution is -0.117. The molecular weight excluding hydrogens is 554 g/mol. The molecule has 4 aromatic rings. The maximum atomic E-state index is 12.9. The van der Waals surface area contributed by atoms with Crippen LogP contribution in [0.3, 0.4) is 0 Å². The zero-order valence-electron chi connectivity index (χ0n) is 23.5. The third-order valence-electron chi connectivity index (χ3n) is 5.99. The van der Waals surface area contributed by atoms with E-state index in [1.54, 1.807) is 93.9 Å². The molecule has 2 aromatic heterocycles. The van der Waals surface area contributed by atoms with Crippen LogP contribution in [0.25, 0.3) is 22.4 Å². The first-order valence-electron chi connectivity index (χ1n) is 12.9. The van der Waals surface area contributed by atoms with Crippen molar-refractivity contribution in [1.82, 2.24) is 10.3 Å². The van der Waals surface area contributed by atoms with Crippen LogP contribution in [0.1, 0.15) is 36.0 Å². The van der Waals surface area contributed by atoms with E-state index in [1.165, 1.54) is 22.3 Å². The minimum atomic E-state index is -0.706. The largest absolute Gasteiger partial charge is 0.507 e. The van der Waals surface area contributed by atoms with Gasteiger partial charge in [-0.1, -0.05) is 30.3 Å². The van der Waals surface area contributed by atoms with Crippen LogP contribution in [-0.2, 0) is 9.53 Å². The van der Waals surface area contributed by atoms with Crippen LogP contribution >= 0.6 is 11.3 Å². The van der Waals surface area contributed by atoms with Crippen LogP contribution in [0.15, 0.2) is 72.1 Å². The predicted octanol–water partition coefficient (Wildman–Crippen LogP) is 5.79. The number of carbonyl (C=O) groups excluding carboxylic acids is 3. The number of ether oxygens (including phenoxy) is 1. The molecule has 42 heavy (non-hydrogen) atoms. The number of nitriles is 1. The van der Waals surface area contributed by atoms with Crippen LogP contribution < -0.4 is 15.5 Å². The molecule has 214 valence electrons. The number of likely N-dealkylation sites (N-methyl/N-ethyl adjacent to an activating group) is 1. The topological polar surface area (TPSA) is 145 Å². The Bertz CT molecular complexity index is 1670. The molecule has 0 saturated heterocycles. The third kappa shape index (κ3) is 7.10. The number of carbonyl (C=O) groups is 3. The van der Waals surface area contributed by atoms with Crippen LogP contribution in [0, 0.1) is 11.3 Å². The molecule has 0 bridgehead atoms. The number of phenolic OH excluding ortho intramolecular Hbond substituents is 1. The monoisotopic (exact) mass is 583 g/mol. The number of pyridine rings is 1. The number of amides is 3. The average Bonchev–Trinajstić information content (AvgIpc) is 3.50. The molecule has 3 N–H and O–H groups in total. The van der Waals surface area contributed by atoms with Crippen molar-refractivity contribution in [3.63, 3.8) is 0 Å². The fourth-order valence-electron chi connectivity index (χ4n) is 3.99. The highest BCUT2D eigenvalue weighted by molar-refractivity contribution is 7.12. The van der Waals surface area contributed by atoms with Crippen molar-refractivity contribution >= 4 is 40.7 Å². The van der Waals surface area contributed by atoms with Gasteiger partial charge in [0.15, 0.2) is 5.82 Å². The van der Waals surface area contributed by atoms with E-state index in [0.717, 1.165) is 0 Å². The number of rotatable bonds is 7. The first kappa shape index (κ1) is 29.8. The molecule has 0 unspecified atom stereocenters. The van der Waals surface area contributed by atoms with Crippen molar-refractivity contribution < 1.29 is 24.2 Å². The summed E-state index contributed by atoms with van der Waals surface area (Å²) in [6.45, 7) is 4.89. The molecule has 0 atom stereocenters. The zero-order chi connectivity index (χ0) is 30.4. The summed E-state index contributed by atoms with van der Waals surface area (Å²) >= 11 is 1.25. The van der Waals surface area contributed by atoms with Gasteiger partial charge in [0.25, 0.3) is 5.91 Å². The van der Waals surface area contributed by atoms with E-state index < -0.39 is 23.5 Å². The van der Waals surface area contributed by atoms with Gasteiger partial charge in [0.1, 0.15) is 29.5 Å². The molecule has 0 saturated carbocycles. The Morgan fingerprint density at radius 2 is 1.81 bits per heavy atom. The van der Waals surface area contributed by atoms with Gasteiger partial charge in [-0.15, -0.1) is 11.3 Å². The first-order valence-corrected chi connectivity index (χ1v) is 13.8. The summed E-state index contributed by atoms with van der Waals surface area (Å²) in [5.41, 5.74) is 1.64. The summed E-state index contributed by atoms with van der Waals surface area (Å²) in [5, 5.41) is 27.7. The number of hydrogen-bond acceptors (Lipinski definition) is 8. The van der Waals surface area contributed by atoms with Crippen LogP contribution in [-0.4, -0.2) is 47.2 Å². The number of nitrogens with one attached hydrogen (secondary N) is 2. The van der Waals surface area contributed by atoms with Gasteiger partial charge in [-0.3, -0.25) is 9.59 Å². The quantitative estimate of drug-likeness (QED) is 0.250. The molecule has 4 rings (SSSR count). The van der Waals surface area contributed by atoms with Gasteiger partial charge in [0.05, 0.1) is 10.6 Å². The molecule has 10 nitrogen and oxygen atoms in total. The van der Waals surface area contributed by atoms with E-state index in [0.29, 0.717) is 32.9 Å². The van der Waals surface area contributed by atoms with E-state index in [4.69, 9.17) is 4.74 Å². The van der Waals surface area contributed by atoms with Gasteiger partial charge >= 0.3 is 6.09 Å². The number of para-hydroxylation sites is 1. The highest BCUT2D eigenvalue weighted by Gasteiger charge is 2.21. The SMILES string of the molecule is CN(C(=O)CNC(=O)OC(C)(C)C)c1cccc(-c2cc(-c3ccccc3O)nc(NC(=O)c3cccs3)c2C#N)c1. The molecule has 2 heterocycles. The highest BCUT2D eigenvalue weighted by Crippen LogP contribution is 2.36. The molecule has 0 radical (unpaired) electrons. The molecule has 0 aliphatic heterocycles. The molecule has 0 aliphatic carbocycles. The Morgan fingerprint density at radius 1 is 1.05 bits per heavy atom. The minimum absolute atomic E-state index is 0.0206. The number of aromatic hydroxyl groups is 1. The van der Waals surface area contributed by atoms with Crippen molar-refractivity contribution in [3.8, 4) is 34.2 Å². The number of benzene rings is 2. The van der Waals surface area contributed by atoms with Gasteiger partial charge in [-0.25, -0.2) is 9.78 Å². The van der Waals surface area contributed by atoms with Crippen molar-refractivity contribution in [2.75, 3.05) is 23.8 Å². The van der Waals surface area contributed by atoms with Crippen molar-refractivity contribution in [3.05, 3.63) is 82.6 Å². The Hall–Kier alpha value is -5.21. The summed E-state index contributed by atoms with van der Waals surface area (Å²) < 4.78 is 5.19. The first-order chi connectivity index (χ1) is 20.0. The summed E-state index contributed by atoms with van der Waals surface area (Å²) in [5.74, 6) is -0.811. The Kier molecular flexibility index (Phi) is 8.88. The number of aromatic nitrogens is 1. The Balaban J connectivity index is 1.71. The zero-order valence-corrected chi connectivity index (χ0v) is 24.3. The molecular formula is C31H29N5O5S. The maximum absolute atomic E-state index is 12.9. The Labute approximate surface area is 247 Å². The van der Waals surface area contributed by atoms with Gasteiger partial charge in [-0.2, -0.15) is 5.26 Å². The molecule has 0 spiro atoms. The predicted molar refractivity (Wildman–Crippen MR) is 161 cm³/mol. The van der Waals surface area contributed by atoms with Gasteiger partial charge < -0.3 is 25.4 Å². The number of thiophene rings is 1. The molecule has 0 aliphatic rings. The lowest BCUT2D eigenvalue weighted by atomic mass is 9.97. The number of alkyl carbamates (subject to hydrolysis) is 1. The van der Waals surface area contributed by atoms with Crippen LogP contribution in [0.4, 0.5) is 16.3 Å². The maximum Gasteiger partial charge on any atom is 0.408 e. The second-order valence-electron chi connectivity index (χ2n) is 10.2. The van der Waals surface area contributed by atoms with Crippen molar-refractivity contribution in [2.45, 2.75) is 26.4 Å². The van der Waals surface area contributed by atoms with E-state index in [9.17, 15) is 24.8 Å². The molecule has 0 fully saturated rings. The normalized spacial score (nSPS) is 10.8. The van der Waals surface area contributed by atoms with Gasteiger partial charge in [0.2, 0.25) is 5.91 Å². The summed E-state index contributed by atoms with van der Waals surface area (Å²) in [6, 6.07) is 20.7. The lowest BCUT2D eigenvalue weighted by Crippen LogP contribution is -2.40.